The molecule has 3 rings (SSSR count). The van der Waals surface area contributed by atoms with Gasteiger partial charge in [-0.15, -0.1) is 0 Å². The first kappa shape index (κ1) is 18.6. The van der Waals surface area contributed by atoms with Gasteiger partial charge in [0.15, 0.2) is 0 Å². The number of carbonyl (C=O) groups is 2. The number of nitrogens with one attached hydrogen (secondary N) is 2. The maximum absolute atomic E-state index is 12.4. The molecule has 0 saturated carbocycles. The Kier molecular flexibility index (Phi) is 6.18. The fourth-order valence-electron chi connectivity index (χ4n) is 3.19. The standard InChI is InChI=1S/C21H22N4O2/c22-14-16-5-4-8-19(13-16)23-20(26)15-25-11-9-17(10-12-25)21(27)24-18-6-2-1-3-7-18/h1-8,13,17H,9-12,15H2,(H,23,26)(H,24,27). The van der Waals surface area contributed by atoms with Gasteiger partial charge >= 0.3 is 0 Å². The maximum Gasteiger partial charge on any atom is 0.238 e. The van der Waals surface area contributed by atoms with Gasteiger partial charge in [-0.3, -0.25) is 14.5 Å². The van der Waals surface area contributed by atoms with E-state index in [4.69, 9.17) is 5.26 Å². The Bertz CT molecular complexity index is 837. The third kappa shape index (κ3) is 5.40. The van der Waals surface area contributed by atoms with Gasteiger partial charge in [-0.1, -0.05) is 24.3 Å². The van der Waals surface area contributed by atoms with Crippen molar-refractivity contribution in [3.05, 3.63) is 60.2 Å². The van der Waals surface area contributed by atoms with Crippen molar-refractivity contribution >= 4 is 23.2 Å². The number of likely N-dealkylation sites (tertiary alicyclic amines) is 1. The first-order chi connectivity index (χ1) is 13.1. The number of anilines is 2. The second kappa shape index (κ2) is 8.97. The van der Waals surface area contributed by atoms with Crippen LogP contribution in [0.1, 0.15) is 18.4 Å². The Labute approximate surface area is 158 Å². The molecule has 2 aromatic rings. The first-order valence-electron chi connectivity index (χ1n) is 9.02. The lowest BCUT2D eigenvalue weighted by Crippen LogP contribution is -2.41. The van der Waals surface area contributed by atoms with E-state index in [0.717, 1.165) is 18.5 Å². The van der Waals surface area contributed by atoms with Crippen LogP contribution in [0.5, 0.6) is 0 Å². The predicted molar refractivity (Wildman–Crippen MR) is 104 cm³/mol. The molecule has 0 unspecified atom stereocenters. The molecule has 0 radical (unpaired) electrons. The van der Waals surface area contributed by atoms with Crippen molar-refractivity contribution in [3.63, 3.8) is 0 Å². The third-order valence-corrected chi connectivity index (χ3v) is 4.64. The Morgan fingerprint density at radius 3 is 2.41 bits per heavy atom. The Morgan fingerprint density at radius 2 is 1.70 bits per heavy atom. The largest absolute Gasteiger partial charge is 0.326 e. The molecule has 6 nitrogen and oxygen atoms in total. The average molecular weight is 362 g/mol. The SMILES string of the molecule is N#Cc1cccc(NC(=O)CN2CCC(C(=O)Nc3ccccc3)CC2)c1. The van der Waals surface area contributed by atoms with Gasteiger partial charge in [-0.05, 0) is 56.3 Å². The Morgan fingerprint density at radius 1 is 1.00 bits per heavy atom. The monoisotopic (exact) mass is 362 g/mol. The summed E-state index contributed by atoms with van der Waals surface area (Å²) in [6, 6.07) is 18.3. The molecule has 0 atom stereocenters. The molecule has 1 saturated heterocycles. The summed E-state index contributed by atoms with van der Waals surface area (Å²) in [5.41, 5.74) is 1.94. The number of hydrogen-bond donors (Lipinski definition) is 2. The van der Waals surface area contributed by atoms with Gasteiger partial charge in [-0.2, -0.15) is 5.26 Å². The quantitative estimate of drug-likeness (QED) is 0.856. The molecule has 2 aromatic carbocycles. The highest BCUT2D eigenvalue weighted by molar-refractivity contribution is 5.93. The van der Waals surface area contributed by atoms with Crippen LogP contribution in [0, 0.1) is 17.2 Å². The van der Waals surface area contributed by atoms with E-state index in [9.17, 15) is 9.59 Å². The van der Waals surface area contributed by atoms with Crippen LogP contribution in [0.2, 0.25) is 0 Å². The van der Waals surface area contributed by atoms with Crippen molar-refractivity contribution in [2.75, 3.05) is 30.3 Å². The molecule has 1 aliphatic heterocycles. The molecule has 6 heteroatoms. The molecular formula is C21H22N4O2. The zero-order chi connectivity index (χ0) is 19.1. The van der Waals surface area contributed by atoms with E-state index in [0.29, 0.717) is 24.3 Å². The van der Waals surface area contributed by atoms with Crippen LogP contribution in [0.3, 0.4) is 0 Å². The van der Waals surface area contributed by atoms with Gasteiger partial charge in [0.1, 0.15) is 0 Å². The molecule has 1 fully saturated rings. The Balaban J connectivity index is 1.44. The summed E-state index contributed by atoms with van der Waals surface area (Å²) in [6.07, 6.45) is 1.46. The topological polar surface area (TPSA) is 85.2 Å². The number of carbonyl (C=O) groups excluding carboxylic acids is 2. The number of nitriles is 1. The van der Waals surface area contributed by atoms with E-state index in [-0.39, 0.29) is 24.3 Å². The van der Waals surface area contributed by atoms with Crippen molar-refractivity contribution in [2.45, 2.75) is 12.8 Å². The van der Waals surface area contributed by atoms with E-state index in [1.807, 2.05) is 30.3 Å². The van der Waals surface area contributed by atoms with Crippen LogP contribution in [-0.4, -0.2) is 36.3 Å². The lowest BCUT2D eigenvalue weighted by Gasteiger charge is -2.30. The summed E-state index contributed by atoms with van der Waals surface area (Å²) in [5.74, 6) is -0.104. The van der Waals surface area contributed by atoms with Gasteiger partial charge in [0.2, 0.25) is 11.8 Å². The van der Waals surface area contributed by atoms with Gasteiger partial charge < -0.3 is 10.6 Å². The van der Waals surface area contributed by atoms with Crippen LogP contribution >= 0.6 is 0 Å². The van der Waals surface area contributed by atoms with E-state index < -0.39 is 0 Å². The van der Waals surface area contributed by atoms with Crippen LogP contribution in [0.4, 0.5) is 11.4 Å². The number of piperidine rings is 1. The van der Waals surface area contributed by atoms with E-state index in [1.54, 1.807) is 24.3 Å². The van der Waals surface area contributed by atoms with E-state index in [2.05, 4.69) is 21.6 Å². The fraction of sp³-hybridized carbons (Fsp3) is 0.286. The second-order valence-corrected chi connectivity index (χ2v) is 6.65. The molecule has 138 valence electrons. The van der Waals surface area contributed by atoms with E-state index in [1.165, 1.54) is 0 Å². The zero-order valence-electron chi connectivity index (χ0n) is 15.0. The summed E-state index contributed by atoms with van der Waals surface area (Å²) >= 11 is 0. The van der Waals surface area contributed by atoms with Crippen LogP contribution in [0.25, 0.3) is 0 Å². The van der Waals surface area contributed by atoms with Crippen molar-refractivity contribution in [1.82, 2.24) is 4.90 Å². The van der Waals surface area contributed by atoms with Crippen LogP contribution in [0.15, 0.2) is 54.6 Å². The highest BCUT2D eigenvalue weighted by atomic mass is 16.2. The van der Waals surface area contributed by atoms with Gasteiger partial charge in [-0.25, -0.2) is 0 Å². The maximum atomic E-state index is 12.4. The van der Waals surface area contributed by atoms with E-state index >= 15 is 0 Å². The number of hydrogen-bond acceptors (Lipinski definition) is 4. The molecule has 1 aliphatic rings. The van der Waals surface area contributed by atoms with Crippen molar-refractivity contribution in [1.29, 1.82) is 5.26 Å². The summed E-state index contributed by atoms with van der Waals surface area (Å²) in [7, 11) is 0. The smallest absolute Gasteiger partial charge is 0.238 e. The van der Waals surface area contributed by atoms with Crippen molar-refractivity contribution in [2.24, 2.45) is 5.92 Å². The third-order valence-electron chi connectivity index (χ3n) is 4.64. The molecule has 0 spiro atoms. The summed E-state index contributed by atoms with van der Waals surface area (Å²) in [6.45, 7) is 1.70. The highest BCUT2D eigenvalue weighted by Crippen LogP contribution is 2.19. The minimum absolute atomic E-state index is 0.0307. The molecule has 0 aliphatic carbocycles. The lowest BCUT2D eigenvalue weighted by molar-refractivity contribution is -0.121. The second-order valence-electron chi connectivity index (χ2n) is 6.65. The van der Waals surface area contributed by atoms with Crippen molar-refractivity contribution < 1.29 is 9.59 Å². The molecule has 0 aromatic heterocycles. The highest BCUT2D eigenvalue weighted by Gasteiger charge is 2.26. The predicted octanol–water partition coefficient (Wildman–Crippen LogP) is 2.85. The number of rotatable bonds is 5. The summed E-state index contributed by atoms with van der Waals surface area (Å²) in [5, 5.41) is 14.7. The number of benzene rings is 2. The molecule has 2 N–H and O–H groups in total. The molecular weight excluding hydrogens is 340 g/mol. The normalized spacial score (nSPS) is 14.9. The van der Waals surface area contributed by atoms with Crippen molar-refractivity contribution in [3.8, 4) is 6.07 Å². The lowest BCUT2D eigenvalue weighted by atomic mass is 9.96. The summed E-state index contributed by atoms with van der Waals surface area (Å²) < 4.78 is 0. The number of para-hydroxylation sites is 1. The first-order valence-corrected chi connectivity index (χ1v) is 9.02. The number of amides is 2. The Hall–Kier alpha value is -3.17. The molecule has 2 amide bonds. The van der Waals surface area contributed by atoms with Gasteiger partial charge in [0, 0.05) is 17.3 Å². The zero-order valence-corrected chi connectivity index (χ0v) is 15.0. The number of nitrogens with zero attached hydrogens (tertiary/aromatic N) is 2. The fourth-order valence-corrected chi connectivity index (χ4v) is 3.19. The van der Waals surface area contributed by atoms with Gasteiger partial charge in [0.05, 0.1) is 18.2 Å². The molecule has 1 heterocycles. The average Bonchev–Trinajstić information content (AvgIpc) is 2.69. The summed E-state index contributed by atoms with van der Waals surface area (Å²) in [4.78, 5) is 26.6. The molecule has 27 heavy (non-hydrogen) atoms. The minimum atomic E-state index is -0.114. The van der Waals surface area contributed by atoms with Gasteiger partial charge in [0.25, 0.3) is 0 Å². The van der Waals surface area contributed by atoms with Crippen LogP contribution in [-0.2, 0) is 9.59 Å². The molecule has 0 bridgehead atoms. The minimum Gasteiger partial charge on any atom is -0.326 e. The van der Waals surface area contributed by atoms with Crippen LogP contribution < -0.4 is 10.6 Å².